The van der Waals surface area contributed by atoms with Crippen molar-refractivity contribution in [1.82, 2.24) is 14.9 Å². The Kier molecular flexibility index (Phi) is 3.32. The molecule has 0 spiro atoms. The normalized spacial score (nSPS) is 11.3. The number of hydrogen-bond donors (Lipinski definition) is 1. The number of rotatable bonds is 4. The lowest BCUT2D eigenvalue weighted by Gasteiger charge is -2.04. The highest BCUT2D eigenvalue weighted by Crippen LogP contribution is 2.20. The number of nitrogens with one attached hydrogen (secondary N) is 1. The molecule has 1 aromatic carbocycles. The van der Waals surface area contributed by atoms with Crippen molar-refractivity contribution in [2.45, 2.75) is 26.9 Å². The van der Waals surface area contributed by atoms with Crippen molar-refractivity contribution >= 4 is 11.0 Å². The van der Waals surface area contributed by atoms with E-state index in [0.717, 1.165) is 29.1 Å². The number of aryl methyl sites for hydroxylation is 2. The average molecular weight is 269 g/mol. The van der Waals surface area contributed by atoms with Gasteiger partial charge in [-0.25, -0.2) is 4.98 Å². The number of aromatic nitrogens is 2. The number of fused-ring (bicyclic) bond motifs is 1. The van der Waals surface area contributed by atoms with E-state index in [0.29, 0.717) is 6.54 Å². The van der Waals surface area contributed by atoms with Crippen LogP contribution in [0, 0.1) is 13.8 Å². The Morgan fingerprint density at radius 1 is 1.15 bits per heavy atom. The molecule has 104 valence electrons. The fourth-order valence-corrected chi connectivity index (χ4v) is 2.38. The number of imidazole rings is 1. The van der Waals surface area contributed by atoms with Crippen molar-refractivity contribution in [3.05, 3.63) is 53.2 Å². The Morgan fingerprint density at radius 2 is 1.90 bits per heavy atom. The van der Waals surface area contributed by atoms with Crippen LogP contribution in [-0.2, 0) is 13.1 Å². The standard InChI is InChI=1S/C16H19N3O/c1-11-6-15-16(7-12(11)2)19(10-18-15)9-14-5-4-13(20-14)8-17-3/h4-7,10,17H,8-9H2,1-3H3. The summed E-state index contributed by atoms with van der Waals surface area (Å²) >= 11 is 0. The van der Waals surface area contributed by atoms with Gasteiger partial charge in [0.1, 0.15) is 11.5 Å². The second-order valence-electron chi connectivity index (χ2n) is 5.20. The zero-order valence-corrected chi connectivity index (χ0v) is 12.1. The van der Waals surface area contributed by atoms with Crippen LogP contribution >= 0.6 is 0 Å². The summed E-state index contributed by atoms with van der Waals surface area (Å²) in [7, 11) is 1.91. The molecule has 0 unspecified atom stereocenters. The van der Waals surface area contributed by atoms with E-state index >= 15 is 0 Å². The summed E-state index contributed by atoms with van der Waals surface area (Å²) in [4.78, 5) is 4.47. The highest BCUT2D eigenvalue weighted by Gasteiger charge is 2.08. The van der Waals surface area contributed by atoms with E-state index in [-0.39, 0.29) is 0 Å². The molecule has 0 aliphatic heterocycles. The molecule has 0 aliphatic rings. The molecule has 0 fully saturated rings. The van der Waals surface area contributed by atoms with Crippen LogP contribution in [0.25, 0.3) is 11.0 Å². The first-order valence-corrected chi connectivity index (χ1v) is 6.81. The molecular weight excluding hydrogens is 250 g/mol. The van der Waals surface area contributed by atoms with E-state index < -0.39 is 0 Å². The van der Waals surface area contributed by atoms with Crippen molar-refractivity contribution in [3.63, 3.8) is 0 Å². The van der Waals surface area contributed by atoms with E-state index in [1.54, 1.807) is 0 Å². The molecular formula is C16H19N3O. The molecule has 4 heteroatoms. The zero-order valence-electron chi connectivity index (χ0n) is 12.1. The molecule has 0 atom stereocenters. The number of benzene rings is 1. The lowest BCUT2D eigenvalue weighted by atomic mass is 10.1. The average Bonchev–Trinajstić information content (AvgIpc) is 3.00. The van der Waals surface area contributed by atoms with Crippen LogP contribution < -0.4 is 5.32 Å². The molecule has 2 heterocycles. The van der Waals surface area contributed by atoms with Gasteiger partial charge in [-0.05, 0) is 56.3 Å². The molecule has 1 N–H and O–H groups in total. The van der Waals surface area contributed by atoms with Gasteiger partial charge in [-0.3, -0.25) is 0 Å². The third-order valence-electron chi connectivity index (χ3n) is 3.63. The first-order valence-electron chi connectivity index (χ1n) is 6.81. The summed E-state index contributed by atoms with van der Waals surface area (Å²) in [5.74, 6) is 1.91. The van der Waals surface area contributed by atoms with Gasteiger partial charge in [-0.1, -0.05) is 0 Å². The highest BCUT2D eigenvalue weighted by atomic mass is 16.3. The maximum absolute atomic E-state index is 5.79. The predicted octanol–water partition coefficient (Wildman–Crippen LogP) is 3.01. The van der Waals surface area contributed by atoms with Crippen LogP contribution in [-0.4, -0.2) is 16.6 Å². The second kappa shape index (κ2) is 5.13. The third kappa shape index (κ3) is 2.34. The van der Waals surface area contributed by atoms with Crippen molar-refractivity contribution in [2.24, 2.45) is 0 Å². The highest BCUT2D eigenvalue weighted by molar-refractivity contribution is 5.77. The van der Waals surface area contributed by atoms with Gasteiger partial charge in [0.15, 0.2) is 0 Å². The number of nitrogens with zero attached hydrogens (tertiary/aromatic N) is 2. The molecule has 3 rings (SSSR count). The van der Waals surface area contributed by atoms with Crippen molar-refractivity contribution in [1.29, 1.82) is 0 Å². The SMILES string of the molecule is CNCc1ccc(Cn2cnc3cc(C)c(C)cc32)o1. The largest absolute Gasteiger partial charge is 0.463 e. The minimum absolute atomic E-state index is 0.711. The summed E-state index contributed by atoms with van der Waals surface area (Å²) in [6.07, 6.45) is 1.88. The second-order valence-corrected chi connectivity index (χ2v) is 5.20. The van der Waals surface area contributed by atoms with E-state index in [9.17, 15) is 0 Å². The van der Waals surface area contributed by atoms with E-state index in [2.05, 4.69) is 40.8 Å². The number of furan rings is 1. The summed E-state index contributed by atoms with van der Waals surface area (Å²) in [5.41, 5.74) is 4.75. The van der Waals surface area contributed by atoms with Crippen LogP contribution in [0.5, 0.6) is 0 Å². The van der Waals surface area contributed by atoms with Gasteiger partial charge in [-0.15, -0.1) is 0 Å². The van der Waals surface area contributed by atoms with E-state index in [4.69, 9.17) is 4.42 Å². The Hall–Kier alpha value is -2.07. The van der Waals surface area contributed by atoms with Gasteiger partial charge in [-0.2, -0.15) is 0 Å². The minimum Gasteiger partial charge on any atom is -0.463 e. The topological polar surface area (TPSA) is 43.0 Å². The summed E-state index contributed by atoms with van der Waals surface area (Å²) in [6, 6.07) is 8.37. The molecule has 0 saturated heterocycles. The predicted molar refractivity (Wildman–Crippen MR) is 79.8 cm³/mol. The van der Waals surface area contributed by atoms with Crippen LogP contribution in [0.3, 0.4) is 0 Å². The van der Waals surface area contributed by atoms with Gasteiger partial charge in [0.2, 0.25) is 0 Å². The Balaban J connectivity index is 1.92. The lowest BCUT2D eigenvalue weighted by Crippen LogP contribution is -2.03. The lowest BCUT2D eigenvalue weighted by molar-refractivity contribution is 0.446. The minimum atomic E-state index is 0.711. The molecule has 20 heavy (non-hydrogen) atoms. The Labute approximate surface area is 118 Å². The van der Waals surface area contributed by atoms with Crippen LogP contribution in [0.2, 0.25) is 0 Å². The maximum atomic E-state index is 5.79. The van der Waals surface area contributed by atoms with Crippen molar-refractivity contribution < 1.29 is 4.42 Å². The van der Waals surface area contributed by atoms with Gasteiger partial charge >= 0.3 is 0 Å². The molecule has 2 aromatic heterocycles. The first kappa shape index (κ1) is 12.9. The summed E-state index contributed by atoms with van der Waals surface area (Å²) in [6.45, 7) is 5.71. The van der Waals surface area contributed by atoms with Crippen molar-refractivity contribution in [3.8, 4) is 0 Å². The zero-order chi connectivity index (χ0) is 14.1. The number of hydrogen-bond acceptors (Lipinski definition) is 3. The van der Waals surface area contributed by atoms with Gasteiger partial charge < -0.3 is 14.3 Å². The van der Waals surface area contributed by atoms with Crippen molar-refractivity contribution in [2.75, 3.05) is 7.05 Å². The molecule has 0 aliphatic carbocycles. The van der Waals surface area contributed by atoms with Gasteiger partial charge in [0.25, 0.3) is 0 Å². The monoisotopic (exact) mass is 269 g/mol. The van der Waals surface area contributed by atoms with Crippen LogP contribution in [0.4, 0.5) is 0 Å². The summed E-state index contributed by atoms with van der Waals surface area (Å²) < 4.78 is 7.92. The molecule has 0 radical (unpaired) electrons. The van der Waals surface area contributed by atoms with Gasteiger partial charge in [0, 0.05) is 0 Å². The Morgan fingerprint density at radius 3 is 2.70 bits per heavy atom. The molecule has 0 bridgehead atoms. The smallest absolute Gasteiger partial charge is 0.124 e. The molecule has 0 amide bonds. The first-order chi connectivity index (χ1) is 9.67. The van der Waals surface area contributed by atoms with Crippen LogP contribution in [0.15, 0.2) is 35.0 Å². The van der Waals surface area contributed by atoms with Crippen LogP contribution in [0.1, 0.15) is 22.6 Å². The third-order valence-corrected chi connectivity index (χ3v) is 3.63. The molecule has 0 saturated carbocycles. The van der Waals surface area contributed by atoms with E-state index in [1.165, 1.54) is 11.1 Å². The van der Waals surface area contributed by atoms with E-state index in [1.807, 2.05) is 25.5 Å². The quantitative estimate of drug-likeness (QED) is 0.791. The summed E-state index contributed by atoms with van der Waals surface area (Å²) in [5, 5.41) is 3.09. The molecule has 3 aromatic rings. The fraction of sp³-hybridized carbons (Fsp3) is 0.312. The maximum Gasteiger partial charge on any atom is 0.124 e. The fourth-order valence-electron chi connectivity index (χ4n) is 2.38. The molecule has 4 nitrogen and oxygen atoms in total. The van der Waals surface area contributed by atoms with Gasteiger partial charge in [0.05, 0.1) is 30.5 Å². The Bertz CT molecular complexity index is 739.